The number of aromatic hydroxyl groups is 1. The Balaban J connectivity index is 1.53. The molecule has 1 fully saturated rings. The predicted octanol–water partition coefficient (Wildman–Crippen LogP) is 4.75. The molecular formula is C22H15NO5S2. The zero-order valence-electron chi connectivity index (χ0n) is 15.4. The number of para-hydroxylation sites is 1. The average Bonchev–Trinajstić information content (AvgIpc) is 3.30. The van der Waals surface area contributed by atoms with E-state index in [-0.39, 0.29) is 23.8 Å². The molecule has 4 rings (SSSR count). The van der Waals surface area contributed by atoms with E-state index < -0.39 is 5.97 Å². The lowest BCUT2D eigenvalue weighted by atomic mass is 10.1. The normalized spacial score (nSPS) is 15.2. The molecule has 0 bridgehead atoms. The van der Waals surface area contributed by atoms with Crippen molar-refractivity contribution in [3.8, 4) is 17.1 Å². The molecule has 30 heavy (non-hydrogen) atoms. The third-order valence-electron chi connectivity index (χ3n) is 4.51. The number of rotatable bonds is 5. The number of carbonyl (C=O) groups excluding carboxylic acids is 1. The van der Waals surface area contributed by atoms with E-state index in [0.29, 0.717) is 26.3 Å². The van der Waals surface area contributed by atoms with Crippen LogP contribution >= 0.6 is 24.0 Å². The van der Waals surface area contributed by atoms with Crippen molar-refractivity contribution in [1.82, 2.24) is 4.90 Å². The van der Waals surface area contributed by atoms with E-state index in [1.165, 1.54) is 28.8 Å². The van der Waals surface area contributed by atoms with Gasteiger partial charge < -0.3 is 14.6 Å². The molecule has 0 atom stereocenters. The molecule has 2 heterocycles. The van der Waals surface area contributed by atoms with Crippen LogP contribution in [-0.4, -0.2) is 31.3 Å². The quantitative estimate of drug-likeness (QED) is 0.440. The summed E-state index contributed by atoms with van der Waals surface area (Å²) < 4.78 is 6.20. The second-order valence-corrected chi connectivity index (χ2v) is 8.16. The van der Waals surface area contributed by atoms with Gasteiger partial charge in [0.1, 0.15) is 21.6 Å². The molecule has 0 spiro atoms. The van der Waals surface area contributed by atoms with Crippen LogP contribution in [0.4, 0.5) is 0 Å². The fourth-order valence-corrected chi connectivity index (χ4v) is 4.18. The maximum absolute atomic E-state index is 12.8. The number of thioether (sulfide) groups is 1. The third-order valence-corrected chi connectivity index (χ3v) is 5.89. The van der Waals surface area contributed by atoms with Gasteiger partial charge in [-0.2, -0.15) is 0 Å². The maximum atomic E-state index is 12.8. The Kier molecular flexibility index (Phi) is 5.43. The largest absolute Gasteiger partial charge is 0.508 e. The van der Waals surface area contributed by atoms with Crippen molar-refractivity contribution in [2.24, 2.45) is 0 Å². The lowest BCUT2D eigenvalue weighted by molar-refractivity contribution is -0.122. The number of thiocarbonyl (C=S) groups is 1. The van der Waals surface area contributed by atoms with Gasteiger partial charge in [-0.15, -0.1) is 0 Å². The number of furan rings is 1. The third kappa shape index (κ3) is 4.00. The summed E-state index contributed by atoms with van der Waals surface area (Å²) in [7, 11) is 0. The molecule has 0 unspecified atom stereocenters. The summed E-state index contributed by atoms with van der Waals surface area (Å²) in [6, 6.07) is 16.6. The average molecular weight is 437 g/mol. The number of hydrogen-bond donors (Lipinski definition) is 2. The molecule has 0 radical (unpaired) electrons. The number of carboxylic acids is 1. The van der Waals surface area contributed by atoms with Crippen molar-refractivity contribution in [1.29, 1.82) is 0 Å². The molecule has 1 aromatic heterocycles. The highest BCUT2D eigenvalue weighted by atomic mass is 32.2. The van der Waals surface area contributed by atoms with Crippen LogP contribution in [0, 0.1) is 0 Å². The molecular weight excluding hydrogens is 422 g/mol. The van der Waals surface area contributed by atoms with Gasteiger partial charge in [-0.05, 0) is 30.3 Å². The Labute approximate surface area is 181 Å². The highest BCUT2D eigenvalue weighted by Gasteiger charge is 2.32. The first-order valence-corrected chi connectivity index (χ1v) is 10.1. The minimum atomic E-state index is -0.993. The molecule has 1 aliphatic heterocycles. The van der Waals surface area contributed by atoms with Crippen LogP contribution in [0.5, 0.6) is 5.75 Å². The predicted molar refractivity (Wildman–Crippen MR) is 118 cm³/mol. The number of phenols is 1. The number of carbonyl (C=O) groups is 2. The van der Waals surface area contributed by atoms with Gasteiger partial charge in [-0.1, -0.05) is 54.3 Å². The molecule has 8 heteroatoms. The van der Waals surface area contributed by atoms with Gasteiger partial charge in [0.25, 0.3) is 5.91 Å². The van der Waals surface area contributed by atoms with Crippen LogP contribution in [0.3, 0.4) is 0 Å². The number of hydrogen-bond acceptors (Lipinski definition) is 6. The molecule has 1 amide bonds. The highest BCUT2D eigenvalue weighted by molar-refractivity contribution is 8.26. The minimum Gasteiger partial charge on any atom is -0.508 e. The van der Waals surface area contributed by atoms with Gasteiger partial charge in [-0.25, -0.2) is 4.79 Å². The van der Waals surface area contributed by atoms with E-state index >= 15 is 0 Å². The van der Waals surface area contributed by atoms with Gasteiger partial charge in [0.05, 0.1) is 17.0 Å². The highest BCUT2D eigenvalue weighted by Crippen LogP contribution is 2.35. The SMILES string of the molecule is O=C(O)c1ccc(-c2ccc(/C=C3\SC(=S)N(Cc4ccccc4O)C3=O)o2)cc1. The number of aromatic carboxylic acids is 1. The molecule has 150 valence electrons. The molecule has 2 aromatic carbocycles. The minimum absolute atomic E-state index is 0.111. The Bertz CT molecular complexity index is 1180. The summed E-state index contributed by atoms with van der Waals surface area (Å²) in [5, 5.41) is 18.9. The van der Waals surface area contributed by atoms with Crippen LogP contribution in [0.2, 0.25) is 0 Å². The molecule has 6 nitrogen and oxygen atoms in total. The number of carboxylic acid groups (broad SMARTS) is 1. The first-order valence-electron chi connectivity index (χ1n) is 8.88. The second-order valence-electron chi connectivity index (χ2n) is 6.48. The van der Waals surface area contributed by atoms with E-state index in [1.807, 2.05) is 0 Å². The van der Waals surface area contributed by atoms with Crippen molar-refractivity contribution in [2.45, 2.75) is 6.54 Å². The van der Waals surface area contributed by atoms with Crippen molar-refractivity contribution >= 4 is 46.3 Å². The number of phenolic OH excluding ortho intramolecular Hbond substituents is 1. The fourth-order valence-electron chi connectivity index (χ4n) is 2.94. The summed E-state index contributed by atoms with van der Waals surface area (Å²) >= 11 is 6.51. The van der Waals surface area contributed by atoms with E-state index in [9.17, 15) is 14.7 Å². The van der Waals surface area contributed by atoms with Crippen molar-refractivity contribution < 1.29 is 24.2 Å². The smallest absolute Gasteiger partial charge is 0.335 e. The van der Waals surface area contributed by atoms with Gasteiger partial charge in [0, 0.05) is 17.2 Å². The number of nitrogens with zero attached hydrogens (tertiary/aromatic N) is 1. The van der Waals surface area contributed by atoms with Crippen molar-refractivity contribution in [3.05, 3.63) is 82.5 Å². The second kappa shape index (κ2) is 8.17. The summed E-state index contributed by atoms with van der Waals surface area (Å²) in [6.45, 7) is 0.189. The fraction of sp³-hybridized carbons (Fsp3) is 0.0455. The van der Waals surface area contributed by atoms with Crippen LogP contribution < -0.4 is 0 Å². The molecule has 1 saturated heterocycles. The summed E-state index contributed by atoms with van der Waals surface area (Å²) in [5.74, 6) is -0.0945. The van der Waals surface area contributed by atoms with E-state index in [2.05, 4.69) is 0 Å². The lowest BCUT2D eigenvalue weighted by Crippen LogP contribution is -2.27. The van der Waals surface area contributed by atoms with E-state index in [4.69, 9.17) is 21.7 Å². The van der Waals surface area contributed by atoms with Crippen LogP contribution in [-0.2, 0) is 11.3 Å². The Morgan fingerprint density at radius 3 is 2.53 bits per heavy atom. The van der Waals surface area contributed by atoms with Gasteiger partial charge in [-0.3, -0.25) is 9.69 Å². The molecule has 2 N–H and O–H groups in total. The standard InChI is InChI=1S/C22H15NO5S2/c24-17-4-2-1-3-15(17)12-23-20(25)19(30-22(23)29)11-16-9-10-18(28-16)13-5-7-14(8-6-13)21(26)27/h1-11,24H,12H2,(H,26,27)/b19-11-. The topological polar surface area (TPSA) is 91.0 Å². The van der Waals surface area contributed by atoms with Gasteiger partial charge in [0.15, 0.2) is 0 Å². The maximum Gasteiger partial charge on any atom is 0.335 e. The number of benzene rings is 2. The van der Waals surface area contributed by atoms with Crippen molar-refractivity contribution in [3.63, 3.8) is 0 Å². The van der Waals surface area contributed by atoms with Crippen LogP contribution in [0.25, 0.3) is 17.4 Å². The number of amides is 1. The molecule has 1 aliphatic rings. The summed E-state index contributed by atoms with van der Waals surface area (Å²) in [5.41, 5.74) is 1.53. The Hall–Kier alpha value is -3.36. The first kappa shape index (κ1) is 19.9. The Morgan fingerprint density at radius 2 is 1.83 bits per heavy atom. The Morgan fingerprint density at radius 1 is 1.10 bits per heavy atom. The monoisotopic (exact) mass is 437 g/mol. The van der Waals surface area contributed by atoms with Gasteiger partial charge >= 0.3 is 5.97 Å². The summed E-state index contributed by atoms with van der Waals surface area (Å²) in [4.78, 5) is 25.6. The lowest BCUT2D eigenvalue weighted by Gasteiger charge is -2.15. The molecule has 0 aliphatic carbocycles. The zero-order valence-corrected chi connectivity index (χ0v) is 17.1. The van der Waals surface area contributed by atoms with Gasteiger partial charge in [0.2, 0.25) is 0 Å². The first-order chi connectivity index (χ1) is 14.4. The van der Waals surface area contributed by atoms with E-state index in [0.717, 1.165) is 5.56 Å². The molecule has 3 aromatic rings. The van der Waals surface area contributed by atoms with Crippen molar-refractivity contribution in [2.75, 3.05) is 0 Å². The van der Waals surface area contributed by atoms with Crippen LogP contribution in [0.1, 0.15) is 21.7 Å². The van der Waals surface area contributed by atoms with Crippen LogP contribution in [0.15, 0.2) is 70.0 Å². The van der Waals surface area contributed by atoms with E-state index in [1.54, 1.807) is 54.6 Å². The summed E-state index contributed by atoms with van der Waals surface area (Å²) in [6.07, 6.45) is 1.62. The zero-order chi connectivity index (χ0) is 21.3. The molecule has 0 saturated carbocycles.